The molecule has 0 saturated heterocycles. The Kier molecular flexibility index (Phi) is 4.82. The van der Waals surface area contributed by atoms with Gasteiger partial charge in [-0.05, 0) is 19.1 Å². The molecule has 1 N–H and O–H groups in total. The molecule has 7 nitrogen and oxygen atoms in total. The first-order valence-electron chi connectivity index (χ1n) is 7.61. The molecular weight excluding hydrogens is 340 g/mol. The Hall–Kier alpha value is -3.11. The summed E-state index contributed by atoms with van der Waals surface area (Å²) in [6.45, 7) is 2.23. The number of hydrogen-bond acceptors (Lipinski definition) is 4. The zero-order valence-electron chi connectivity index (χ0n) is 13.5. The molecule has 3 rings (SSSR count). The van der Waals surface area contributed by atoms with Crippen LogP contribution in [0.4, 0.5) is 5.82 Å². The van der Waals surface area contributed by atoms with Crippen molar-refractivity contribution in [3.05, 3.63) is 59.0 Å². The summed E-state index contributed by atoms with van der Waals surface area (Å²) in [6.07, 6.45) is 3.18. The van der Waals surface area contributed by atoms with E-state index in [4.69, 9.17) is 11.6 Å². The summed E-state index contributed by atoms with van der Waals surface area (Å²) in [6, 6.07) is 11.3. The third-order valence-electron chi connectivity index (χ3n) is 3.74. The lowest BCUT2D eigenvalue weighted by molar-refractivity contribution is -0.116. The van der Waals surface area contributed by atoms with Crippen molar-refractivity contribution in [3.8, 4) is 11.8 Å². The Morgan fingerprint density at radius 3 is 2.68 bits per heavy atom. The second-order valence-corrected chi connectivity index (χ2v) is 5.77. The van der Waals surface area contributed by atoms with Gasteiger partial charge in [0.2, 0.25) is 5.91 Å². The fourth-order valence-corrected chi connectivity index (χ4v) is 2.51. The quantitative estimate of drug-likeness (QED) is 0.762. The van der Waals surface area contributed by atoms with Crippen molar-refractivity contribution in [2.45, 2.75) is 19.9 Å². The van der Waals surface area contributed by atoms with Crippen molar-refractivity contribution in [1.82, 2.24) is 19.6 Å². The fourth-order valence-electron chi connectivity index (χ4n) is 2.37. The first kappa shape index (κ1) is 16.7. The molecule has 1 aromatic carbocycles. The number of nitrogens with one attached hydrogen (secondary N) is 1. The van der Waals surface area contributed by atoms with Gasteiger partial charge in [0.05, 0.1) is 35.3 Å². The van der Waals surface area contributed by atoms with Crippen LogP contribution in [0.15, 0.2) is 42.7 Å². The minimum Gasteiger partial charge on any atom is -0.309 e. The largest absolute Gasteiger partial charge is 0.309 e. The fraction of sp³-hybridized carbons (Fsp3) is 0.176. The molecule has 0 aliphatic heterocycles. The number of rotatable bonds is 5. The van der Waals surface area contributed by atoms with Gasteiger partial charge in [-0.25, -0.2) is 4.68 Å². The van der Waals surface area contributed by atoms with E-state index in [2.05, 4.69) is 15.5 Å². The number of benzene rings is 1. The third-order valence-corrected chi connectivity index (χ3v) is 4.11. The molecule has 1 amide bonds. The highest BCUT2D eigenvalue weighted by Crippen LogP contribution is 2.20. The number of nitrogens with zero attached hydrogens (tertiary/aromatic N) is 5. The smallest absolute Gasteiger partial charge is 0.227 e. The number of amides is 1. The van der Waals surface area contributed by atoms with E-state index in [0.717, 1.165) is 11.4 Å². The molecule has 0 spiro atoms. The van der Waals surface area contributed by atoms with Crippen molar-refractivity contribution in [1.29, 1.82) is 5.26 Å². The van der Waals surface area contributed by atoms with Gasteiger partial charge in [0.25, 0.3) is 0 Å². The van der Waals surface area contributed by atoms with Gasteiger partial charge in [0.1, 0.15) is 11.6 Å². The zero-order chi connectivity index (χ0) is 17.8. The Labute approximate surface area is 149 Å². The molecule has 0 radical (unpaired) electrons. The lowest BCUT2D eigenvalue weighted by Gasteiger charge is -2.10. The lowest BCUT2D eigenvalue weighted by Crippen LogP contribution is -2.18. The Morgan fingerprint density at radius 1 is 1.28 bits per heavy atom. The molecule has 8 heteroatoms. The number of nitriles is 1. The number of para-hydroxylation sites is 1. The van der Waals surface area contributed by atoms with Crippen molar-refractivity contribution in [2.75, 3.05) is 5.32 Å². The Bertz CT molecular complexity index is 938. The summed E-state index contributed by atoms with van der Waals surface area (Å²) in [4.78, 5) is 12.3. The number of carbonyl (C=O) groups is 1. The van der Waals surface area contributed by atoms with Crippen molar-refractivity contribution in [3.63, 3.8) is 0 Å². The highest BCUT2D eigenvalue weighted by atomic mass is 35.5. The van der Waals surface area contributed by atoms with Crippen LogP contribution >= 0.6 is 11.6 Å². The number of anilines is 1. The van der Waals surface area contributed by atoms with Crippen LogP contribution in [0.3, 0.4) is 0 Å². The van der Waals surface area contributed by atoms with Crippen LogP contribution in [0.5, 0.6) is 0 Å². The van der Waals surface area contributed by atoms with Crippen LogP contribution in [-0.4, -0.2) is 25.5 Å². The maximum atomic E-state index is 12.3. The van der Waals surface area contributed by atoms with Crippen LogP contribution in [0.1, 0.15) is 17.7 Å². The molecule has 0 saturated carbocycles. The van der Waals surface area contributed by atoms with Gasteiger partial charge in [0, 0.05) is 6.42 Å². The summed E-state index contributed by atoms with van der Waals surface area (Å²) >= 11 is 5.96. The second kappa shape index (κ2) is 7.20. The predicted octanol–water partition coefficient (Wildman–Crippen LogP) is 2.93. The summed E-state index contributed by atoms with van der Waals surface area (Å²) in [5.74, 6) is 0.120. The number of aromatic nitrogens is 4. The first-order valence-corrected chi connectivity index (χ1v) is 7.99. The van der Waals surface area contributed by atoms with Gasteiger partial charge in [-0.2, -0.15) is 15.5 Å². The van der Waals surface area contributed by atoms with Gasteiger partial charge in [-0.1, -0.05) is 29.8 Å². The van der Waals surface area contributed by atoms with E-state index >= 15 is 0 Å². The van der Waals surface area contributed by atoms with Crippen LogP contribution < -0.4 is 5.32 Å². The molecule has 2 aromatic heterocycles. The average molecular weight is 355 g/mol. The van der Waals surface area contributed by atoms with E-state index in [-0.39, 0.29) is 12.3 Å². The van der Waals surface area contributed by atoms with Gasteiger partial charge in [-0.15, -0.1) is 0 Å². The van der Waals surface area contributed by atoms with Crippen molar-refractivity contribution >= 4 is 23.3 Å². The Balaban J connectivity index is 1.76. The van der Waals surface area contributed by atoms with Gasteiger partial charge < -0.3 is 5.32 Å². The van der Waals surface area contributed by atoms with E-state index in [1.807, 2.05) is 43.3 Å². The van der Waals surface area contributed by atoms with Crippen molar-refractivity contribution in [2.24, 2.45) is 0 Å². The molecule has 25 heavy (non-hydrogen) atoms. The molecule has 0 aliphatic rings. The van der Waals surface area contributed by atoms with Crippen molar-refractivity contribution < 1.29 is 4.79 Å². The maximum Gasteiger partial charge on any atom is 0.227 e. The van der Waals surface area contributed by atoms with E-state index < -0.39 is 0 Å². The normalized spacial score (nSPS) is 10.4. The lowest BCUT2D eigenvalue weighted by atomic mass is 10.3. The second-order valence-electron chi connectivity index (χ2n) is 5.37. The van der Waals surface area contributed by atoms with E-state index in [1.165, 1.54) is 10.9 Å². The standard InChI is InChI=1S/C17H15ClN6O/c1-12-15(18)11-20-23(12)8-7-16(25)22-17-13(9-19)10-21-24(17)14-5-3-2-4-6-14/h2-6,10-11H,7-8H2,1H3,(H,22,25). The summed E-state index contributed by atoms with van der Waals surface area (Å²) in [7, 11) is 0. The zero-order valence-corrected chi connectivity index (χ0v) is 14.2. The SMILES string of the molecule is Cc1c(Cl)cnn1CCC(=O)Nc1c(C#N)cnn1-c1ccccc1. The predicted molar refractivity (Wildman–Crippen MR) is 93.5 cm³/mol. The molecule has 3 aromatic rings. The van der Waals surface area contributed by atoms with Crippen LogP contribution in [0.25, 0.3) is 5.69 Å². The highest BCUT2D eigenvalue weighted by Gasteiger charge is 2.15. The molecule has 0 bridgehead atoms. The Morgan fingerprint density at radius 2 is 2.04 bits per heavy atom. The number of halogens is 1. The van der Waals surface area contributed by atoms with Gasteiger partial charge >= 0.3 is 0 Å². The molecule has 0 unspecified atom stereocenters. The summed E-state index contributed by atoms with van der Waals surface area (Å²) in [5, 5.41) is 20.9. The molecule has 0 aliphatic carbocycles. The van der Waals surface area contributed by atoms with E-state index in [9.17, 15) is 10.1 Å². The minimum absolute atomic E-state index is 0.198. The maximum absolute atomic E-state index is 12.3. The highest BCUT2D eigenvalue weighted by molar-refractivity contribution is 6.31. The van der Waals surface area contributed by atoms with Crippen LogP contribution in [-0.2, 0) is 11.3 Å². The molecule has 0 atom stereocenters. The molecule has 2 heterocycles. The first-order chi connectivity index (χ1) is 12.1. The van der Waals surface area contributed by atoms with Crippen LogP contribution in [0, 0.1) is 18.3 Å². The van der Waals surface area contributed by atoms with Crippen LogP contribution in [0.2, 0.25) is 5.02 Å². The van der Waals surface area contributed by atoms with E-state index in [1.54, 1.807) is 10.9 Å². The van der Waals surface area contributed by atoms with Gasteiger partial charge in [-0.3, -0.25) is 9.48 Å². The monoisotopic (exact) mass is 354 g/mol. The van der Waals surface area contributed by atoms with E-state index in [0.29, 0.717) is 22.9 Å². The summed E-state index contributed by atoms with van der Waals surface area (Å²) < 4.78 is 3.20. The molecule has 126 valence electrons. The average Bonchev–Trinajstić information content (AvgIpc) is 3.18. The number of carbonyl (C=O) groups excluding carboxylic acids is 1. The molecule has 0 fully saturated rings. The topological polar surface area (TPSA) is 88.5 Å². The third kappa shape index (κ3) is 3.54. The molecular formula is C17H15ClN6O. The number of hydrogen-bond donors (Lipinski definition) is 1. The summed E-state index contributed by atoms with van der Waals surface area (Å²) in [5.41, 5.74) is 1.87. The van der Waals surface area contributed by atoms with Gasteiger partial charge in [0.15, 0.2) is 5.82 Å². The number of aryl methyl sites for hydroxylation is 1. The minimum atomic E-state index is -0.236.